The minimum Gasteiger partial charge on any atom is -0.493 e. The fourth-order valence-corrected chi connectivity index (χ4v) is 5.15. The van der Waals surface area contributed by atoms with Crippen LogP contribution in [0.15, 0.2) is 76.2 Å². The van der Waals surface area contributed by atoms with Gasteiger partial charge in [0, 0.05) is 0 Å². The zero-order chi connectivity index (χ0) is 26.5. The van der Waals surface area contributed by atoms with Crippen molar-refractivity contribution in [3.05, 3.63) is 97.2 Å². The maximum atomic E-state index is 13.7. The van der Waals surface area contributed by atoms with Crippen LogP contribution in [0.25, 0.3) is 6.08 Å². The highest BCUT2D eigenvalue weighted by atomic mass is 32.1. The molecule has 0 saturated carbocycles. The highest BCUT2D eigenvalue weighted by molar-refractivity contribution is 7.07. The van der Waals surface area contributed by atoms with Gasteiger partial charge in [0.1, 0.15) is 12.4 Å². The van der Waals surface area contributed by atoms with Crippen LogP contribution in [-0.4, -0.2) is 38.0 Å². The lowest BCUT2D eigenvalue weighted by Gasteiger charge is -2.24. The molecule has 192 valence electrons. The number of fused-ring (bicyclic) bond motifs is 1. The van der Waals surface area contributed by atoms with E-state index in [4.69, 9.17) is 18.9 Å². The van der Waals surface area contributed by atoms with Gasteiger partial charge < -0.3 is 18.9 Å². The number of aromatic nitrogens is 1. The first-order valence-electron chi connectivity index (χ1n) is 11.7. The van der Waals surface area contributed by atoms with Gasteiger partial charge >= 0.3 is 5.97 Å². The lowest BCUT2D eigenvalue weighted by Crippen LogP contribution is -2.39. The molecule has 1 aliphatic rings. The summed E-state index contributed by atoms with van der Waals surface area (Å²) in [6, 6.07) is 12.0. The molecule has 0 radical (unpaired) electrons. The Morgan fingerprint density at radius 2 is 1.86 bits per heavy atom. The summed E-state index contributed by atoms with van der Waals surface area (Å²) < 4.78 is 23.7. The van der Waals surface area contributed by atoms with Crippen LogP contribution in [0.4, 0.5) is 0 Å². The van der Waals surface area contributed by atoms with E-state index in [1.807, 2.05) is 18.2 Å². The number of carbonyl (C=O) groups is 1. The Labute approximate surface area is 218 Å². The van der Waals surface area contributed by atoms with Crippen molar-refractivity contribution in [2.45, 2.75) is 19.9 Å². The zero-order valence-electron chi connectivity index (χ0n) is 21.1. The topological polar surface area (TPSA) is 88.4 Å². The van der Waals surface area contributed by atoms with Gasteiger partial charge in [-0.05, 0) is 55.3 Å². The van der Waals surface area contributed by atoms with E-state index in [0.717, 1.165) is 11.1 Å². The van der Waals surface area contributed by atoms with Crippen LogP contribution in [0.5, 0.6) is 17.2 Å². The Kier molecular flexibility index (Phi) is 7.93. The van der Waals surface area contributed by atoms with Crippen molar-refractivity contribution in [1.29, 1.82) is 0 Å². The lowest BCUT2D eigenvalue weighted by molar-refractivity contribution is -0.139. The van der Waals surface area contributed by atoms with Gasteiger partial charge in [0.25, 0.3) is 5.56 Å². The first-order chi connectivity index (χ1) is 17.9. The molecule has 0 aliphatic carbocycles. The van der Waals surface area contributed by atoms with Crippen molar-refractivity contribution >= 4 is 23.4 Å². The van der Waals surface area contributed by atoms with Crippen LogP contribution in [0.2, 0.25) is 0 Å². The van der Waals surface area contributed by atoms with Crippen LogP contribution >= 0.6 is 11.3 Å². The summed E-state index contributed by atoms with van der Waals surface area (Å²) in [5, 5.41) is 0. The molecule has 0 N–H and O–H groups in total. The second kappa shape index (κ2) is 11.3. The second-order valence-corrected chi connectivity index (χ2v) is 9.09. The van der Waals surface area contributed by atoms with Crippen molar-refractivity contribution in [1.82, 2.24) is 4.57 Å². The molecule has 1 aliphatic heterocycles. The molecule has 0 saturated heterocycles. The smallest absolute Gasteiger partial charge is 0.338 e. The number of esters is 1. The van der Waals surface area contributed by atoms with Crippen molar-refractivity contribution in [3.8, 4) is 17.2 Å². The van der Waals surface area contributed by atoms with Crippen molar-refractivity contribution in [3.63, 3.8) is 0 Å². The van der Waals surface area contributed by atoms with Gasteiger partial charge in [-0.15, -0.1) is 0 Å². The third kappa shape index (κ3) is 5.22. The van der Waals surface area contributed by atoms with E-state index in [-0.39, 0.29) is 12.2 Å². The van der Waals surface area contributed by atoms with Gasteiger partial charge in [-0.2, -0.15) is 0 Å². The van der Waals surface area contributed by atoms with Gasteiger partial charge in [-0.25, -0.2) is 9.79 Å². The Bertz CT molecular complexity index is 1530. The summed E-state index contributed by atoms with van der Waals surface area (Å²) in [6.45, 7) is 7.74. The molecule has 0 bridgehead atoms. The Morgan fingerprint density at radius 1 is 1.14 bits per heavy atom. The average molecular weight is 521 g/mol. The average Bonchev–Trinajstić information content (AvgIpc) is 3.21. The van der Waals surface area contributed by atoms with Crippen molar-refractivity contribution < 1.29 is 23.7 Å². The number of methoxy groups -OCH3 is 2. The van der Waals surface area contributed by atoms with Crippen LogP contribution in [0.1, 0.15) is 31.0 Å². The van der Waals surface area contributed by atoms with E-state index < -0.39 is 12.0 Å². The normalized spacial score (nSPS) is 15.0. The fourth-order valence-electron chi connectivity index (χ4n) is 4.10. The van der Waals surface area contributed by atoms with Crippen LogP contribution in [0.3, 0.4) is 0 Å². The molecule has 0 fully saturated rings. The van der Waals surface area contributed by atoms with E-state index in [2.05, 4.69) is 11.6 Å². The largest absolute Gasteiger partial charge is 0.493 e. The number of nitrogens with zero attached hydrogens (tertiary/aromatic N) is 2. The van der Waals surface area contributed by atoms with E-state index in [9.17, 15) is 9.59 Å². The number of rotatable bonds is 9. The fraction of sp³-hybridized carbons (Fsp3) is 0.250. The maximum absolute atomic E-state index is 13.7. The van der Waals surface area contributed by atoms with E-state index in [1.54, 1.807) is 69.1 Å². The monoisotopic (exact) mass is 520 g/mol. The second-order valence-electron chi connectivity index (χ2n) is 8.09. The molecule has 0 amide bonds. The molecule has 1 atom stereocenters. The first kappa shape index (κ1) is 26.0. The molecule has 3 aromatic rings. The first-order valence-corrected chi connectivity index (χ1v) is 12.5. The third-order valence-electron chi connectivity index (χ3n) is 5.79. The van der Waals surface area contributed by atoms with E-state index >= 15 is 0 Å². The molecule has 0 spiro atoms. The van der Waals surface area contributed by atoms with Gasteiger partial charge in [0.15, 0.2) is 16.3 Å². The highest BCUT2D eigenvalue weighted by Crippen LogP contribution is 2.32. The van der Waals surface area contributed by atoms with Gasteiger partial charge in [0.05, 0.1) is 42.7 Å². The van der Waals surface area contributed by atoms with Crippen molar-refractivity contribution in [2.24, 2.45) is 4.99 Å². The number of carbonyl (C=O) groups excluding carboxylic acids is 1. The molecule has 9 heteroatoms. The summed E-state index contributed by atoms with van der Waals surface area (Å²) in [7, 11) is 3.13. The third-order valence-corrected chi connectivity index (χ3v) is 6.77. The maximum Gasteiger partial charge on any atom is 0.338 e. The number of ether oxygens (including phenoxy) is 4. The Hall–Kier alpha value is -4.11. The molecule has 1 aromatic heterocycles. The van der Waals surface area contributed by atoms with Crippen LogP contribution in [0, 0.1) is 0 Å². The minimum atomic E-state index is -0.698. The van der Waals surface area contributed by atoms with Crippen molar-refractivity contribution in [2.75, 3.05) is 27.4 Å². The standard InChI is InChI=1S/C28H28N2O6S/c1-6-14-36-20-11-9-19(10-12-20)25-24(27(32)35-7-2)17(3)29-28-30(25)26(31)23(37-28)16-18-8-13-21(33-4)22(15-18)34-5/h6,8-13,15-16,25H,1,7,14H2,2-5H3/b23-16-/t25-/m1/s1. The van der Waals surface area contributed by atoms with Gasteiger partial charge in [-0.3, -0.25) is 9.36 Å². The Balaban J connectivity index is 1.87. The highest BCUT2D eigenvalue weighted by Gasteiger charge is 2.33. The summed E-state index contributed by atoms with van der Waals surface area (Å²) in [5.41, 5.74) is 2.08. The molecule has 2 aromatic carbocycles. The molecule has 2 heterocycles. The van der Waals surface area contributed by atoms with Crippen LogP contribution < -0.4 is 29.1 Å². The van der Waals surface area contributed by atoms with E-state index in [1.165, 1.54) is 11.3 Å². The summed E-state index contributed by atoms with van der Waals surface area (Å²) >= 11 is 1.26. The molecule has 0 unspecified atom stereocenters. The van der Waals surface area contributed by atoms with Crippen LogP contribution in [-0.2, 0) is 9.53 Å². The number of allylic oxidation sites excluding steroid dienone is 1. The quantitative estimate of drug-likeness (QED) is 0.318. The predicted molar refractivity (Wildman–Crippen MR) is 142 cm³/mol. The lowest BCUT2D eigenvalue weighted by atomic mass is 9.96. The molecule has 8 nitrogen and oxygen atoms in total. The summed E-state index contributed by atoms with van der Waals surface area (Å²) in [6.07, 6.45) is 3.44. The summed E-state index contributed by atoms with van der Waals surface area (Å²) in [5.74, 6) is 1.30. The number of hydrogen-bond acceptors (Lipinski definition) is 8. The number of benzene rings is 2. The SMILES string of the molecule is C=CCOc1ccc([C@@H]2C(C(=O)OCC)=C(C)N=c3s/c(=C\c4ccc(OC)c(OC)c4)c(=O)n32)cc1. The molecule has 37 heavy (non-hydrogen) atoms. The minimum absolute atomic E-state index is 0.209. The summed E-state index contributed by atoms with van der Waals surface area (Å²) in [4.78, 5) is 31.9. The van der Waals surface area contributed by atoms with Gasteiger partial charge in [-0.1, -0.05) is 42.2 Å². The molecular formula is C28H28N2O6S. The van der Waals surface area contributed by atoms with E-state index in [0.29, 0.717) is 44.5 Å². The number of thiazole rings is 1. The predicted octanol–water partition coefficient (Wildman–Crippen LogP) is 3.38. The van der Waals surface area contributed by atoms with Gasteiger partial charge in [0.2, 0.25) is 0 Å². The zero-order valence-corrected chi connectivity index (χ0v) is 22.0. The number of hydrogen-bond donors (Lipinski definition) is 0. The molecule has 4 rings (SSSR count). The molecular weight excluding hydrogens is 492 g/mol. The Morgan fingerprint density at radius 3 is 2.51 bits per heavy atom.